The second kappa shape index (κ2) is 7.81. The van der Waals surface area contributed by atoms with Gasteiger partial charge in [-0.25, -0.2) is 4.79 Å². The molecule has 1 aliphatic rings. The van der Waals surface area contributed by atoms with E-state index in [1.807, 2.05) is 6.92 Å². The molecule has 0 aliphatic carbocycles. The normalized spacial score (nSPS) is 14.8. The lowest BCUT2D eigenvalue weighted by Crippen LogP contribution is -2.35. The van der Waals surface area contributed by atoms with Gasteiger partial charge in [0.05, 0.1) is 4.75 Å². The molecule has 0 aromatic carbocycles. The standard InChI is InChI=1S/C10H16Cl2N2O4S/c1-10(6-11,7-12)19-14(2)9(15)18-13-8-5-16-3-4-17-8/h5,13H,3-4,6-7H2,1-2H3. The molecule has 9 heteroatoms. The van der Waals surface area contributed by atoms with Crippen LogP contribution in [0.15, 0.2) is 12.1 Å². The average Bonchev–Trinajstić information content (AvgIpc) is 2.45. The van der Waals surface area contributed by atoms with Gasteiger partial charge >= 0.3 is 6.09 Å². The van der Waals surface area contributed by atoms with Gasteiger partial charge in [0, 0.05) is 18.8 Å². The van der Waals surface area contributed by atoms with Gasteiger partial charge in [0.25, 0.3) is 5.88 Å². The molecule has 0 fully saturated rings. The van der Waals surface area contributed by atoms with E-state index >= 15 is 0 Å². The van der Waals surface area contributed by atoms with Gasteiger partial charge in [0.2, 0.25) is 0 Å². The summed E-state index contributed by atoms with van der Waals surface area (Å²) in [6.07, 6.45) is 0.743. The zero-order valence-corrected chi connectivity index (χ0v) is 13.0. The Labute approximate surface area is 126 Å². The van der Waals surface area contributed by atoms with Gasteiger partial charge in [0.15, 0.2) is 0 Å². The van der Waals surface area contributed by atoms with E-state index in [4.69, 9.17) is 37.5 Å². The molecule has 19 heavy (non-hydrogen) atoms. The van der Waals surface area contributed by atoms with Crippen molar-refractivity contribution in [2.24, 2.45) is 0 Å². The Balaban J connectivity index is 2.38. The molecule has 0 saturated heterocycles. The summed E-state index contributed by atoms with van der Waals surface area (Å²) >= 11 is 12.8. The fraction of sp³-hybridized carbons (Fsp3) is 0.700. The van der Waals surface area contributed by atoms with Crippen molar-refractivity contribution in [1.29, 1.82) is 0 Å². The van der Waals surface area contributed by atoms with Crippen LogP contribution in [-0.4, -0.2) is 47.2 Å². The van der Waals surface area contributed by atoms with Crippen molar-refractivity contribution in [2.45, 2.75) is 11.7 Å². The SMILES string of the molecule is CN(SC(C)(CCl)CCl)C(=O)ONC1=COCCO1. The van der Waals surface area contributed by atoms with Crippen LogP contribution in [-0.2, 0) is 14.3 Å². The van der Waals surface area contributed by atoms with E-state index in [9.17, 15) is 4.79 Å². The first-order chi connectivity index (χ1) is 9.00. The highest BCUT2D eigenvalue weighted by Crippen LogP contribution is 2.30. The highest BCUT2D eigenvalue weighted by atomic mass is 35.5. The number of hydrogen-bond donors (Lipinski definition) is 1. The minimum atomic E-state index is -0.596. The Morgan fingerprint density at radius 1 is 1.58 bits per heavy atom. The highest BCUT2D eigenvalue weighted by Gasteiger charge is 2.28. The predicted molar refractivity (Wildman–Crippen MR) is 74.8 cm³/mol. The number of hydrogen-bond acceptors (Lipinski definition) is 6. The molecule has 1 aliphatic heterocycles. The smallest absolute Gasteiger partial charge is 0.444 e. The number of carbonyl (C=O) groups excluding carboxylic acids is 1. The van der Waals surface area contributed by atoms with E-state index in [-0.39, 0.29) is 5.88 Å². The van der Waals surface area contributed by atoms with Crippen LogP contribution in [0, 0.1) is 0 Å². The minimum Gasteiger partial charge on any atom is -0.492 e. The summed E-state index contributed by atoms with van der Waals surface area (Å²) in [5, 5.41) is 0. The largest absolute Gasteiger partial charge is 0.492 e. The molecule has 0 aromatic heterocycles. The van der Waals surface area contributed by atoms with Crippen molar-refractivity contribution in [3.8, 4) is 0 Å². The van der Waals surface area contributed by atoms with Gasteiger partial charge in [0.1, 0.15) is 19.5 Å². The number of nitrogens with one attached hydrogen (secondary N) is 1. The zero-order chi connectivity index (χ0) is 14.3. The number of rotatable bonds is 6. The fourth-order valence-corrected chi connectivity index (χ4v) is 2.48. The van der Waals surface area contributed by atoms with E-state index in [0.717, 1.165) is 0 Å². The van der Waals surface area contributed by atoms with Crippen molar-refractivity contribution in [3.63, 3.8) is 0 Å². The summed E-state index contributed by atoms with van der Waals surface area (Å²) in [5.41, 5.74) is 2.37. The van der Waals surface area contributed by atoms with Crippen LogP contribution in [0.3, 0.4) is 0 Å². The van der Waals surface area contributed by atoms with Gasteiger partial charge < -0.3 is 14.3 Å². The van der Waals surface area contributed by atoms with Crippen molar-refractivity contribution in [3.05, 3.63) is 12.1 Å². The third-order valence-electron chi connectivity index (χ3n) is 2.07. The van der Waals surface area contributed by atoms with Crippen LogP contribution in [0.4, 0.5) is 4.79 Å². The highest BCUT2D eigenvalue weighted by molar-refractivity contribution is 7.99. The molecule has 6 nitrogen and oxygen atoms in total. The first-order valence-corrected chi connectivity index (χ1v) is 7.31. The lowest BCUT2D eigenvalue weighted by molar-refractivity contribution is 0.0114. The lowest BCUT2D eigenvalue weighted by Gasteiger charge is -2.28. The molecule has 1 amide bonds. The maximum atomic E-state index is 11.7. The maximum absolute atomic E-state index is 11.7. The van der Waals surface area contributed by atoms with E-state index < -0.39 is 10.8 Å². The minimum absolute atomic E-state index is 0.246. The van der Waals surface area contributed by atoms with Crippen LogP contribution in [0.5, 0.6) is 0 Å². The number of halogens is 2. The number of alkyl halides is 2. The average molecular weight is 331 g/mol. The van der Waals surface area contributed by atoms with Crippen molar-refractivity contribution >= 4 is 41.2 Å². The van der Waals surface area contributed by atoms with Crippen LogP contribution in [0.1, 0.15) is 6.92 Å². The quantitative estimate of drug-likeness (QED) is 0.458. The molecule has 0 spiro atoms. The molecule has 0 unspecified atom stereocenters. The third kappa shape index (κ3) is 5.46. The Morgan fingerprint density at radius 2 is 2.26 bits per heavy atom. The fourth-order valence-electron chi connectivity index (χ4n) is 1.03. The van der Waals surface area contributed by atoms with Crippen LogP contribution < -0.4 is 5.48 Å². The number of hydroxylamine groups is 1. The summed E-state index contributed by atoms with van der Waals surface area (Å²) in [6, 6.07) is 0. The van der Waals surface area contributed by atoms with Crippen molar-refractivity contribution in [2.75, 3.05) is 32.0 Å². The lowest BCUT2D eigenvalue weighted by atomic mass is 10.2. The van der Waals surface area contributed by atoms with E-state index in [1.165, 1.54) is 22.5 Å². The molecule has 1 heterocycles. The third-order valence-corrected chi connectivity index (χ3v) is 4.72. The molecule has 0 atom stereocenters. The Morgan fingerprint density at radius 3 is 2.79 bits per heavy atom. The van der Waals surface area contributed by atoms with E-state index in [2.05, 4.69) is 5.48 Å². The van der Waals surface area contributed by atoms with Gasteiger partial charge in [-0.15, -0.1) is 23.2 Å². The number of amides is 1. The van der Waals surface area contributed by atoms with E-state index in [0.29, 0.717) is 25.0 Å². The predicted octanol–water partition coefficient (Wildman–Crippen LogP) is 2.29. The summed E-state index contributed by atoms with van der Waals surface area (Å²) in [6.45, 7) is 2.73. The first kappa shape index (κ1) is 16.4. The monoisotopic (exact) mass is 330 g/mol. The Hall–Kier alpha value is -0.660. The molecule has 1 rings (SSSR count). The summed E-state index contributed by atoms with van der Waals surface area (Å²) in [4.78, 5) is 16.5. The van der Waals surface area contributed by atoms with E-state index in [1.54, 1.807) is 7.05 Å². The summed E-state index contributed by atoms with van der Waals surface area (Å²) in [7, 11) is 1.57. The number of carbonyl (C=O) groups is 1. The summed E-state index contributed by atoms with van der Waals surface area (Å²) in [5.74, 6) is 0.873. The molecule has 1 N–H and O–H groups in total. The Kier molecular flexibility index (Phi) is 6.74. The summed E-state index contributed by atoms with van der Waals surface area (Å²) < 4.78 is 11.0. The van der Waals surface area contributed by atoms with Crippen molar-refractivity contribution < 1.29 is 19.1 Å². The van der Waals surface area contributed by atoms with Crippen molar-refractivity contribution in [1.82, 2.24) is 9.79 Å². The molecule has 0 radical (unpaired) electrons. The van der Waals surface area contributed by atoms with Crippen LogP contribution >= 0.6 is 35.1 Å². The van der Waals surface area contributed by atoms with Gasteiger partial charge in [-0.2, -0.15) is 5.48 Å². The second-order valence-electron chi connectivity index (χ2n) is 3.98. The first-order valence-electron chi connectivity index (χ1n) is 5.47. The zero-order valence-electron chi connectivity index (χ0n) is 10.7. The molecular formula is C10H16Cl2N2O4S. The van der Waals surface area contributed by atoms with Gasteiger partial charge in [-0.1, -0.05) is 0 Å². The maximum Gasteiger partial charge on any atom is 0.444 e. The molecule has 110 valence electrons. The molecular weight excluding hydrogens is 315 g/mol. The topological polar surface area (TPSA) is 60.0 Å². The van der Waals surface area contributed by atoms with Crippen LogP contribution in [0.2, 0.25) is 0 Å². The molecule has 0 bridgehead atoms. The van der Waals surface area contributed by atoms with Gasteiger partial charge in [-0.3, -0.25) is 4.31 Å². The number of ether oxygens (including phenoxy) is 2. The molecule has 0 aromatic rings. The van der Waals surface area contributed by atoms with Crippen LogP contribution in [0.25, 0.3) is 0 Å². The number of nitrogens with zero attached hydrogens (tertiary/aromatic N) is 1. The van der Waals surface area contributed by atoms with Gasteiger partial charge in [-0.05, 0) is 18.9 Å². The Bertz CT molecular complexity index is 339. The molecule has 0 saturated carbocycles. The second-order valence-corrected chi connectivity index (χ2v) is 6.23.